The molecule has 3 aromatic rings. The van der Waals surface area contributed by atoms with Gasteiger partial charge in [0.05, 0.1) is 6.61 Å². The third-order valence-corrected chi connectivity index (χ3v) is 5.38. The minimum absolute atomic E-state index is 0. The molecular weight excluding hydrogens is 384 g/mol. The van der Waals surface area contributed by atoms with Gasteiger partial charge in [0.1, 0.15) is 12.3 Å². The maximum atomic E-state index is 9.38. The van der Waals surface area contributed by atoms with Crippen LogP contribution < -0.4 is 0 Å². The summed E-state index contributed by atoms with van der Waals surface area (Å²) in [6, 6.07) is 23.3. The summed E-state index contributed by atoms with van der Waals surface area (Å²) < 4.78 is 0. The molecule has 0 aliphatic carbocycles. The summed E-state index contributed by atoms with van der Waals surface area (Å²) in [6.45, 7) is 10.2. The molecule has 4 nitrogen and oxygen atoms in total. The summed E-state index contributed by atoms with van der Waals surface area (Å²) in [7, 11) is 0. The molecule has 0 radical (unpaired) electrons. The molecule has 3 rings (SSSR count). The molecule has 0 amide bonds. The first-order valence-electron chi connectivity index (χ1n) is 10.6. The predicted molar refractivity (Wildman–Crippen MR) is 132 cm³/mol. The average molecular weight is 421 g/mol. The molecule has 31 heavy (non-hydrogen) atoms. The molecule has 3 aromatic carbocycles. The fourth-order valence-electron chi connectivity index (χ4n) is 3.83. The Balaban J connectivity index is 0.00000341. The number of hydrogen-bond donors (Lipinski definition) is 1. The fourth-order valence-corrected chi connectivity index (χ4v) is 3.83. The van der Waals surface area contributed by atoms with Gasteiger partial charge in [-0.2, -0.15) is 0 Å². The van der Waals surface area contributed by atoms with Crippen molar-refractivity contribution in [3.05, 3.63) is 83.4 Å². The molecular formula is C27H36N2O2. The van der Waals surface area contributed by atoms with Crippen LogP contribution in [0.25, 0.3) is 10.8 Å². The molecule has 0 atom stereocenters. The van der Waals surface area contributed by atoms with E-state index in [1.165, 1.54) is 5.39 Å². The lowest BCUT2D eigenvalue weighted by molar-refractivity contribution is 0.0830. The van der Waals surface area contributed by atoms with Gasteiger partial charge in [0.15, 0.2) is 0 Å². The van der Waals surface area contributed by atoms with Crippen LogP contribution >= 0.6 is 0 Å². The van der Waals surface area contributed by atoms with Crippen molar-refractivity contribution in [2.75, 3.05) is 13.2 Å². The van der Waals surface area contributed by atoms with Crippen LogP contribution in [-0.4, -0.2) is 41.0 Å². The molecule has 0 aromatic heterocycles. The van der Waals surface area contributed by atoms with E-state index >= 15 is 0 Å². The van der Waals surface area contributed by atoms with Crippen LogP contribution in [0.15, 0.2) is 71.9 Å². The third kappa shape index (κ3) is 6.16. The van der Waals surface area contributed by atoms with Gasteiger partial charge in [0.25, 0.3) is 0 Å². The summed E-state index contributed by atoms with van der Waals surface area (Å²) in [5.74, 6) is 0. The van der Waals surface area contributed by atoms with Crippen LogP contribution in [0.5, 0.6) is 0 Å². The second-order valence-electron chi connectivity index (χ2n) is 8.08. The number of hydrogen-bond acceptors (Lipinski definition) is 4. The number of rotatable bonds is 9. The molecule has 0 saturated carbocycles. The van der Waals surface area contributed by atoms with Crippen molar-refractivity contribution in [1.29, 1.82) is 0 Å². The Labute approximate surface area is 187 Å². The Morgan fingerprint density at radius 3 is 2.19 bits per heavy atom. The van der Waals surface area contributed by atoms with E-state index < -0.39 is 0 Å². The largest absolute Gasteiger partial charge is 0.394 e. The smallest absolute Gasteiger partial charge is 0.129 e. The van der Waals surface area contributed by atoms with Gasteiger partial charge >= 0.3 is 0 Å². The molecule has 0 unspecified atom stereocenters. The Morgan fingerprint density at radius 2 is 1.55 bits per heavy atom. The Kier molecular flexibility index (Phi) is 9.22. The lowest BCUT2D eigenvalue weighted by Gasteiger charge is -2.29. The molecule has 0 fully saturated rings. The van der Waals surface area contributed by atoms with Gasteiger partial charge in [-0.15, -0.1) is 0 Å². The highest BCUT2D eigenvalue weighted by Crippen LogP contribution is 2.22. The summed E-state index contributed by atoms with van der Waals surface area (Å²) in [5, 5.41) is 16.3. The predicted octanol–water partition coefficient (Wildman–Crippen LogP) is 5.86. The number of fused-ring (bicyclic) bond motifs is 1. The summed E-state index contributed by atoms with van der Waals surface area (Å²) in [5.41, 5.74) is 3.68. The normalized spacial score (nSPS) is 11.9. The maximum absolute atomic E-state index is 9.38. The van der Waals surface area contributed by atoms with Crippen LogP contribution in [-0.2, 0) is 11.4 Å². The number of aliphatic hydroxyl groups excluding tert-OH is 1. The molecule has 0 aliphatic heterocycles. The summed E-state index contributed by atoms with van der Waals surface area (Å²) >= 11 is 0. The average Bonchev–Trinajstić information content (AvgIpc) is 2.75. The quantitative estimate of drug-likeness (QED) is 0.268. The summed E-state index contributed by atoms with van der Waals surface area (Å²) in [4.78, 5) is 8.23. The standard InChI is InChI=1S/C26H32N2O2.CH4/c1-19(2)28(20(3)4)16-17-30-27-26(23-14-12-21(18-29)13-15-23)25-11-7-9-22-8-5-6-10-24(22)25;/h5-15,19-20,29H,16-18H2,1-4H3;1H4/b27-26-;. The third-order valence-electron chi connectivity index (χ3n) is 5.38. The molecule has 0 aliphatic rings. The summed E-state index contributed by atoms with van der Waals surface area (Å²) in [6.07, 6.45) is 0. The van der Waals surface area contributed by atoms with E-state index in [2.05, 4.69) is 68.1 Å². The second-order valence-corrected chi connectivity index (χ2v) is 8.08. The highest BCUT2D eigenvalue weighted by Gasteiger charge is 2.14. The van der Waals surface area contributed by atoms with Crippen LogP contribution in [0, 0.1) is 0 Å². The van der Waals surface area contributed by atoms with Crippen LogP contribution in [0.1, 0.15) is 51.8 Å². The second kappa shape index (κ2) is 11.6. The van der Waals surface area contributed by atoms with E-state index in [4.69, 9.17) is 4.84 Å². The van der Waals surface area contributed by atoms with Crippen molar-refractivity contribution in [2.45, 2.75) is 53.8 Å². The Bertz CT molecular complexity index is 965. The van der Waals surface area contributed by atoms with Crippen LogP contribution in [0.2, 0.25) is 0 Å². The lowest BCUT2D eigenvalue weighted by atomic mass is 9.96. The monoisotopic (exact) mass is 420 g/mol. The zero-order valence-electron chi connectivity index (χ0n) is 18.4. The molecule has 0 heterocycles. The van der Waals surface area contributed by atoms with Crippen molar-refractivity contribution in [2.24, 2.45) is 5.16 Å². The van der Waals surface area contributed by atoms with E-state index in [1.54, 1.807) is 0 Å². The minimum Gasteiger partial charge on any atom is -0.394 e. The molecule has 0 spiro atoms. The zero-order valence-corrected chi connectivity index (χ0v) is 18.4. The van der Waals surface area contributed by atoms with E-state index in [9.17, 15) is 5.11 Å². The lowest BCUT2D eigenvalue weighted by Crippen LogP contribution is -2.39. The topological polar surface area (TPSA) is 45.1 Å². The van der Waals surface area contributed by atoms with Crippen molar-refractivity contribution in [3.8, 4) is 0 Å². The van der Waals surface area contributed by atoms with Crippen molar-refractivity contribution in [3.63, 3.8) is 0 Å². The van der Waals surface area contributed by atoms with Gasteiger partial charge in [-0.1, -0.05) is 79.3 Å². The zero-order chi connectivity index (χ0) is 21.5. The van der Waals surface area contributed by atoms with Gasteiger partial charge in [0, 0.05) is 29.8 Å². The molecule has 4 heteroatoms. The number of benzene rings is 3. The Hall–Kier alpha value is -2.69. The molecule has 166 valence electrons. The number of aliphatic hydroxyl groups is 1. The maximum Gasteiger partial charge on any atom is 0.129 e. The minimum atomic E-state index is 0. The number of nitrogens with zero attached hydrogens (tertiary/aromatic N) is 2. The van der Waals surface area contributed by atoms with Crippen molar-refractivity contribution < 1.29 is 9.94 Å². The number of oxime groups is 1. The molecule has 0 bridgehead atoms. The van der Waals surface area contributed by atoms with E-state index in [-0.39, 0.29) is 14.0 Å². The van der Waals surface area contributed by atoms with Crippen LogP contribution in [0.4, 0.5) is 0 Å². The van der Waals surface area contributed by atoms with Crippen LogP contribution in [0.3, 0.4) is 0 Å². The molecule has 0 saturated heterocycles. The Morgan fingerprint density at radius 1 is 0.903 bits per heavy atom. The van der Waals surface area contributed by atoms with Gasteiger partial charge < -0.3 is 9.94 Å². The van der Waals surface area contributed by atoms with Gasteiger partial charge in [-0.25, -0.2) is 0 Å². The van der Waals surface area contributed by atoms with E-state index in [0.717, 1.165) is 34.3 Å². The van der Waals surface area contributed by atoms with Gasteiger partial charge in [0.2, 0.25) is 0 Å². The fraction of sp³-hybridized carbons (Fsp3) is 0.370. The van der Waals surface area contributed by atoms with E-state index in [0.29, 0.717) is 18.7 Å². The highest BCUT2D eigenvalue weighted by molar-refractivity contribution is 6.19. The SMILES string of the molecule is C.CC(C)N(CCO/N=C(/c1ccc(CO)cc1)c1cccc2ccccc12)C(C)C. The van der Waals surface area contributed by atoms with Crippen molar-refractivity contribution in [1.82, 2.24) is 4.90 Å². The van der Waals surface area contributed by atoms with Crippen molar-refractivity contribution >= 4 is 16.5 Å². The first-order valence-corrected chi connectivity index (χ1v) is 10.6. The highest BCUT2D eigenvalue weighted by atomic mass is 16.6. The molecule has 1 N–H and O–H groups in total. The first kappa shape index (κ1) is 24.6. The van der Waals surface area contributed by atoms with Gasteiger partial charge in [-0.3, -0.25) is 4.90 Å². The van der Waals surface area contributed by atoms with Gasteiger partial charge in [-0.05, 0) is 44.0 Å². The van der Waals surface area contributed by atoms with E-state index in [1.807, 2.05) is 36.4 Å². The first-order chi connectivity index (χ1) is 14.5.